The molecule has 4 nitrogen and oxygen atoms in total. The quantitative estimate of drug-likeness (QED) is 0.727. The highest BCUT2D eigenvalue weighted by Gasteiger charge is 2.31. The van der Waals surface area contributed by atoms with Crippen LogP contribution >= 0.6 is 11.3 Å². The second-order valence-corrected chi connectivity index (χ2v) is 3.70. The van der Waals surface area contributed by atoms with Gasteiger partial charge in [-0.25, -0.2) is 0 Å². The second kappa shape index (κ2) is 2.85. The molecule has 1 aliphatic rings. The fraction of sp³-hybridized carbons (Fsp3) is 0.250. The molecule has 0 fully saturated rings. The Labute approximate surface area is 79.0 Å². The molecule has 2 rings (SSSR count). The Morgan fingerprint density at radius 3 is 2.92 bits per heavy atom. The van der Waals surface area contributed by atoms with E-state index in [-0.39, 0.29) is 11.9 Å². The predicted octanol–water partition coefficient (Wildman–Crippen LogP) is 0.969. The first-order chi connectivity index (χ1) is 6.18. The van der Waals surface area contributed by atoms with Crippen molar-refractivity contribution in [1.29, 1.82) is 0 Å². The van der Waals surface area contributed by atoms with Crippen molar-refractivity contribution in [3.8, 4) is 0 Å². The lowest BCUT2D eigenvalue weighted by atomic mass is 10.2. The molecule has 0 bridgehead atoms. The Kier molecular flexibility index (Phi) is 1.81. The molecule has 13 heavy (non-hydrogen) atoms. The van der Waals surface area contributed by atoms with E-state index in [1.54, 1.807) is 0 Å². The van der Waals surface area contributed by atoms with Gasteiger partial charge in [-0.3, -0.25) is 4.79 Å². The Balaban J connectivity index is 2.31. The number of hydrogen-bond donors (Lipinski definition) is 1. The molecule has 0 saturated carbocycles. The van der Waals surface area contributed by atoms with Gasteiger partial charge in [0.05, 0.1) is 4.88 Å². The number of nitrogens with zero attached hydrogens (tertiary/aromatic N) is 1. The number of carbonyl (C=O) groups is 1. The van der Waals surface area contributed by atoms with Gasteiger partial charge in [-0.1, -0.05) is 0 Å². The summed E-state index contributed by atoms with van der Waals surface area (Å²) in [6.07, 6.45) is -0.611. The van der Waals surface area contributed by atoms with Crippen LogP contribution in [0.2, 0.25) is 0 Å². The molecular weight excluding hydrogens is 188 g/mol. The highest BCUT2D eigenvalue weighted by molar-refractivity contribution is 7.10. The number of carbonyl (C=O) groups excluding carboxylic acids is 1. The minimum absolute atomic E-state index is 0.0391. The molecular formula is C8H8N2O2S. The van der Waals surface area contributed by atoms with Crippen molar-refractivity contribution in [1.82, 2.24) is 0 Å². The van der Waals surface area contributed by atoms with Crippen LogP contribution in [0.25, 0.3) is 0 Å². The van der Waals surface area contributed by atoms with Gasteiger partial charge in [0, 0.05) is 0 Å². The van der Waals surface area contributed by atoms with E-state index in [9.17, 15) is 4.79 Å². The van der Waals surface area contributed by atoms with Gasteiger partial charge >= 0.3 is 0 Å². The predicted molar refractivity (Wildman–Crippen MR) is 49.5 cm³/mol. The van der Waals surface area contributed by atoms with Gasteiger partial charge in [0.1, 0.15) is 0 Å². The number of amidine groups is 1. The molecule has 0 saturated heterocycles. The molecule has 2 N–H and O–H groups in total. The van der Waals surface area contributed by atoms with Gasteiger partial charge in [0.25, 0.3) is 11.9 Å². The molecule has 1 aromatic rings. The first kappa shape index (κ1) is 8.25. The van der Waals surface area contributed by atoms with Crippen LogP contribution in [0, 0.1) is 6.92 Å². The summed E-state index contributed by atoms with van der Waals surface area (Å²) < 4.78 is 5.09. The van der Waals surface area contributed by atoms with Crippen molar-refractivity contribution in [2.24, 2.45) is 10.7 Å². The van der Waals surface area contributed by atoms with Crippen molar-refractivity contribution in [2.45, 2.75) is 13.0 Å². The number of thiophene rings is 1. The van der Waals surface area contributed by atoms with Crippen LogP contribution < -0.4 is 5.73 Å². The molecule has 1 aliphatic heterocycles. The Morgan fingerprint density at radius 2 is 2.46 bits per heavy atom. The summed E-state index contributed by atoms with van der Waals surface area (Å²) in [4.78, 5) is 15.6. The summed E-state index contributed by atoms with van der Waals surface area (Å²) in [6, 6.07) is 1.90. The smallest absolute Gasteiger partial charge is 0.296 e. The third-order valence-electron chi connectivity index (χ3n) is 1.82. The van der Waals surface area contributed by atoms with E-state index in [4.69, 9.17) is 10.5 Å². The lowest BCUT2D eigenvalue weighted by Crippen LogP contribution is -2.13. The summed E-state index contributed by atoms with van der Waals surface area (Å²) in [5.74, 6) is -0.317. The maximum atomic E-state index is 11.2. The molecule has 1 unspecified atom stereocenters. The Bertz CT molecular complexity index is 383. The van der Waals surface area contributed by atoms with Crippen LogP contribution in [0.3, 0.4) is 0 Å². The van der Waals surface area contributed by atoms with Crippen molar-refractivity contribution in [2.75, 3.05) is 0 Å². The van der Waals surface area contributed by atoms with Crippen LogP contribution in [0.4, 0.5) is 0 Å². The normalized spacial score (nSPS) is 21.5. The SMILES string of the molecule is Cc1ccsc1C1OC(N)=NC1=O. The molecule has 68 valence electrons. The minimum Gasteiger partial charge on any atom is -0.446 e. The van der Waals surface area contributed by atoms with E-state index >= 15 is 0 Å². The van der Waals surface area contributed by atoms with Gasteiger partial charge in [0.15, 0.2) is 0 Å². The van der Waals surface area contributed by atoms with Crippen molar-refractivity contribution >= 4 is 23.3 Å². The molecule has 0 radical (unpaired) electrons. The molecule has 1 aromatic heterocycles. The average molecular weight is 196 g/mol. The maximum absolute atomic E-state index is 11.2. The third kappa shape index (κ3) is 1.31. The summed E-state index contributed by atoms with van der Waals surface area (Å²) in [6.45, 7) is 1.93. The number of ether oxygens (including phenoxy) is 1. The number of aliphatic imine (C=N–C) groups is 1. The number of amides is 1. The van der Waals surface area contributed by atoms with Crippen LogP contribution in [0.15, 0.2) is 16.4 Å². The lowest BCUT2D eigenvalue weighted by Gasteiger charge is -2.06. The van der Waals surface area contributed by atoms with Gasteiger partial charge in [-0.15, -0.1) is 11.3 Å². The second-order valence-electron chi connectivity index (χ2n) is 2.75. The van der Waals surface area contributed by atoms with Gasteiger partial charge in [0.2, 0.25) is 6.10 Å². The monoisotopic (exact) mass is 196 g/mol. The highest BCUT2D eigenvalue weighted by atomic mass is 32.1. The van der Waals surface area contributed by atoms with Crippen LogP contribution in [-0.4, -0.2) is 11.9 Å². The number of aryl methyl sites for hydroxylation is 1. The number of nitrogens with two attached hydrogens (primary N) is 1. The summed E-state index contributed by atoms with van der Waals surface area (Å²) in [5, 5.41) is 1.91. The first-order valence-electron chi connectivity index (χ1n) is 3.77. The third-order valence-corrected chi connectivity index (χ3v) is 2.89. The molecule has 0 aliphatic carbocycles. The fourth-order valence-corrected chi connectivity index (χ4v) is 2.13. The largest absolute Gasteiger partial charge is 0.446 e. The zero-order valence-corrected chi connectivity index (χ0v) is 7.80. The molecule has 5 heteroatoms. The van der Waals surface area contributed by atoms with E-state index in [0.29, 0.717) is 0 Å². The van der Waals surface area contributed by atoms with E-state index < -0.39 is 6.10 Å². The molecule has 0 spiro atoms. The van der Waals surface area contributed by atoms with E-state index in [0.717, 1.165) is 10.4 Å². The van der Waals surface area contributed by atoms with E-state index in [1.165, 1.54) is 11.3 Å². The number of hydrogen-bond acceptors (Lipinski definition) is 4. The first-order valence-corrected chi connectivity index (χ1v) is 4.65. The molecule has 1 amide bonds. The standard InChI is InChI=1S/C8H8N2O2S/c1-4-2-3-13-6(4)5-7(11)10-8(9)12-5/h2-3,5H,1H3,(H2,9,10,11). The van der Waals surface area contributed by atoms with E-state index in [2.05, 4.69) is 4.99 Å². The molecule has 2 heterocycles. The number of rotatable bonds is 1. The zero-order valence-electron chi connectivity index (χ0n) is 6.98. The van der Waals surface area contributed by atoms with Crippen LogP contribution in [0.1, 0.15) is 16.5 Å². The van der Waals surface area contributed by atoms with Gasteiger partial charge < -0.3 is 10.5 Å². The fourth-order valence-electron chi connectivity index (χ4n) is 1.18. The summed E-state index contributed by atoms with van der Waals surface area (Å²) in [5.41, 5.74) is 6.32. The lowest BCUT2D eigenvalue weighted by molar-refractivity contribution is -0.122. The summed E-state index contributed by atoms with van der Waals surface area (Å²) >= 11 is 1.48. The van der Waals surface area contributed by atoms with Crippen LogP contribution in [-0.2, 0) is 9.53 Å². The van der Waals surface area contributed by atoms with E-state index in [1.807, 2.05) is 18.4 Å². The maximum Gasteiger partial charge on any atom is 0.296 e. The van der Waals surface area contributed by atoms with Crippen molar-refractivity contribution in [3.63, 3.8) is 0 Å². The van der Waals surface area contributed by atoms with Crippen molar-refractivity contribution in [3.05, 3.63) is 21.9 Å². The highest BCUT2D eigenvalue weighted by Crippen LogP contribution is 2.30. The average Bonchev–Trinajstić information content (AvgIpc) is 2.58. The zero-order chi connectivity index (χ0) is 9.42. The van der Waals surface area contributed by atoms with Crippen LogP contribution in [0.5, 0.6) is 0 Å². The molecule has 0 aromatic carbocycles. The Hall–Kier alpha value is -1.36. The topological polar surface area (TPSA) is 64.7 Å². The van der Waals surface area contributed by atoms with Crippen molar-refractivity contribution < 1.29 is 9.53 Å². The van der Waals surface area contributed by atoms with Gasteiger partial charge in [-0.05, 0) is 23.9 Å². The minimum atomic E-state index is -0.611. The molecule has 1 atom stereocenters. The summed E-state index contributed by atoms with van der Waals surface area (Å²) in [7, 11) is 0. The Morgan fingerprint density at radius 1 is 1.69 bits per heavy atom. The van der Waals surface area contributed by atoms with Gasteiger partial charge in [-0.2, -0.15) is 4.99 Å².